The number of fused-ring (bicyclic) bond motifs is 1. The summed E-state index contributed by atoms with van der Waals surface area (Å²) in [5.74, 6) is -0.172. The second kappa shape index (κ2) is 6.64. The van der Waals surface area contributed by atoms with Gasteiger partial charge in [-0.1, -0.05) is 51.5 Å². The first-order valence-electron chi connectivity index (χ1n) is 7.78. The van der Waals surface area contributed by atoms with Crippen molar-refractivity contribution in [1.82, 2.24) is 24.5 Å². The number of benzene rings is 2. The number of rotatable bonds is 4. The van der Waals surface area contributed by atoms with Crippen LogP contribution in [-0.4, -0.2) is 30.3 Å². The van der Waals surface area contributed by atoms with E-state index in [2.05, 4.69) is 31.2 Å². The van der Waals surface area contributed by atoms with Crippen molar-refractivity contribution >= 4 is 32.9 Å². The lowest BCUT2D eigenvalue weighted by atomic mass is 10.1. The number of carbonyl (C=O) groups is 1. The Hall–Kier alpha value is -3.13. The lowest BCUT2D eigenvalue weighted by molar-refractivity contribution is 0.0970. The summed E-state index contributed by atoms with van der Waals surface area (Å²) < 4.78 is 3.67. The summed E-state index contributed by atoms with van der Waals surface area (Å²) in [4.78, 5) is 29.3. The molecule has 4 rings (SSSR count). The fourth-order valence-electron chi connectivity index (χ4n) is 2.58. The summed E-state index contributed by atoms with van der Waals surface area (Å²) in [6.45, 7) is -0.100. The Kier molecular flexibility index (Phi) is 4.18. The summed E-state index contributed by atoms with van der Waals surface area (Å²) >= 11 is 3.38. The van der Waals surface area contributed by atoms with Gasteiger partial charge in [0.05, 0.1) is 12.2 Å². The maximum absolute atomic E-state index is 12.6. The van der Waals surface area contributed by atoms with Gasteiger partial charge in [-0.3, -0.25) is 14.2 Å². The van der Waals surface area contributed by atoms with Crippen molar-refractivity contribution < 1.29 is 4.79 Å². The Labute approximate surface area is 156 Å². The monoisotopic (exact) mass is 409 g/mol. The molecule has 4 aromatic rings. The molecule has 2 heterocycles. The predicted octanol–water partition coefficient (Wildman–Crippen LogP) is 2.62. The number of ketones is 1. The largest absolute Gasteiger partial charge is 0.292 e. The first-order chi connectivity index (χ1) is 12.6. The molecule has 0 fully saturated rings. The van der Waals surface area contributed by atoms with Gasteiger partial charge in [0.2, 0.25) is 0 Å². The minimum Gasteiger partial charge on any atom is -0.292 e. The molecule has 7 nitrogen and oxygen atoms in total. The standard InChI is InChI=1S/C18H12BrN5O2/c19-13-6-8-14(9-7-13)24-17-16(21-22-24)18(26)23(11-20-17)10-15(25)12-4-2-1-3-5-12/h1-9,11H,10H2. The summed E-state index contributed by atoms with van der Waals surface area (Å²) in [6, 6.07) is 16.2. The van der Waals surface area contributed by atoms with E-state index in [1.165, 1.54) is 15.6 Å². The summed E-state index contributed by atoms with van der Waals surface area (Å²) in [5, 5.41) is 7.98. The van der Waals surface area contributed by atoms with Gasteiger partial charge in [-0.2, -0.15) is 4.68 Å². The van der Waals surface area contributed by atoms with Crippen molar-refractivity contribution in [2.24, 2.45) is 0 Å². The highest BCUT2D eigenvalue weighted by Crippen LogP contribution is 2.15. The first kappa shape index (κ1) is 16.3. The number of hydrogen-bond donors (Lipinski definition) is 0. The highest BCUT2D eigenvalue weighted by Gasteiger charge is 2.15. The molecule has 0 N–H and O–H groups in total. The van der Waals surface area contributed by atoms with Gasteiger partial charge in [0.1, 0.15) is 6.33 Å². The topological polar surface area (TPSA) is 82.7 Å². The van der Waals surface area contributed by atoms with E-state index in [4.69, 9.17) is 0 Å². The van der Waals surface area contributed by atoms with Crippen LogP contribution in [0.5, 0.6) is 0 Å². The molecule has 2 aromatic carbocycles. The molecule has 0 atom stereocenters. The number of aromatic nitrogens is 5. The van der Waals surface area contributed by atoms with Crippen LogP contribution in [-0.2, 0) is 6.54 Å². The van der Waals surface area contributed by atoms with Crippen LogP contribution in [0.1, 0.15) is 10.4 Å². The predicted molar refractivity (Wildman–Crippen MR) is 99.4 cm³/mol. The summed E-state index contributed by atoms with van der Waals surface area (Å²) in [6.07, 6.45) is 1.35. The van der Waals surface area contributed by atoms with E-state index in [9.17, 15) is 9.59 Å². The maximum atomic E-state index is 12.6. The van der Waals surface area contributed by atoms with Crippen LogP contribution < -0.4 is 5.56 Å². The fraction of sp³-hybridized carbons (Fsp3) is 0.0556. The normalized spacial score (nSPS) is 11.0. The zero-order valence-electron chi connectivity index (χ0n) is 13.4. The Morgan fingerprint density at radius 3 is 2.50 bits per heavy atom. The van der Waals surface area contributed by atoms with Crippen LogP contribution >= 0.6 is 15.9 Å². The highest BCUT2D eigenvalue weighted by atomic mass is 79.9. The molecular weight excluding hydrogens is 398 g/mol. The molecule has 0 unspecified atom stereocenters. The van der Waals surface area contributed by atoms with Gasteiger partial charge in [0.25, 0.3) is 5.56 Å². The van der Waals surface area contributed by atoms with Gasteiger partial charge in [-0.15, -0.1) is 5.10 Å². The molecule has 0 saturated heterocycles. The van der Waals surface area contributed by atoms with Crippen molar-refractivity contribution in [1.29, 1.82) is 0 Å². The second-order valence-electron chi connectivity index (χ2n) is 5.62. The zero-order valence-corrected chi connectivity index (χ0v) is 15.0. The van der Waals surface area contributed by atoms with Crippen molar-refractivity contribution in [2.75, 3.05) is 0 Å². The molecule has 0 aliphatic rings. The van der Waals surface area contributed by atoms with Crippen molar-refractivity contribution in [3.8, 4) is 5.69 Å². The molecular formula is C18H12BrN5O2. The highest BCUT2D eigenvalue weighted by molar-refractivity contribution is 9.10. The molecule has 0 spiro atoms. The van der Waals surface area contributed by atoms with Crippen LogP contribution in [0.4, 0.5) is 0 Å². The molecule has 0 aliphatic heterocycles. The average molecular weight is 410 g/mol. The summed E-state index contributed by atoms with van der Waals surface area (Å²) in [7, 11) is 0. The number of hydrogen-bond acceptors (Lipinski definition) is 5. The van der Waals surface area contributed by atoms with Gasteiger partial charge in [0.15, 0.2) is 16.9 Å². The number of carbonyl (C=O) groups excluding carboxylic acids is 1. The van der Waals surface area contributed by atoms with E-state index in [1.54, 1.807) is 24.3 Å². The Morgan fingerprint density at radius 2 is 1.77 bits per heavy atom. The molecule has 0 aliphatic carbocycles. The molecule has 0 radical (unpaired) electrons. The van der Waals surface area contributed by atoms with E-state index in [0.717, 1.165) is 10.2 Å². The van der Waals surface area contributed by atoms with Gasteiger partial charge in [0, 0.05) is 10.0 Å². The zero-order chi connectivity index (χ0) is 18.1. The Bertz CT molecular complexity index is 1150. The third kappa shape index (κ3) is 2.95. The Balaban J connectivity index is 1.71. The summed E-state index contributed by atoms with van der Waals surface area (Å²) in [5.41, 5.74) is 1.35. The van der Waals surface area contributed by atoms with Crippen LogP contribution in [0.25, 0.3) is 16.9 Å². The second-order valence-corrected chi connectivity index (χ2v) is 6.53. The molecule has 8 heteroatoms. The number of nitrogens with zero attached hydrogens (tertiary/aromatic N) is 5. The van der Waals surface area contributed by atoms with E-state index in [-0.39, 0.29) is 17.8 Å². The third-order valence-electron chi connectivity index (χ3n) is 3.91. The first-order valence-corrected chi connectivity index (χ1v) is 8.58. The van der Waals surface area contributed by atoms with Gasteiger partial charge in [-0.05, 0) is 24.3 Å². The minimum absolute atomic E-state index is 0.100. The number of halogens is 1. The fourth-order valence-corrected chi connectivity index (χ4v) is 2.85. The van der Waals surface area contributed by atoms with Crippen LogP contribution in [0.3, 0.4) is 0 Å². The van der Waals surface area contributed by atoms with E-state index in [1.807, 2.05) is 30.3 Å². The van der Waals surface area contributed by atoms with E-state index < -0.39 is 5.56 Å². The van der Waals surface area contributed by atoms with Crippen LogP contribution in [0.2, 0.25) is 0 Å². The minimum atomic E-state index is -0.400. The molecule has 0 amide bonds. The molecule has 128 valence electrons. The van der Waals surface area contributed by atoms with Gasteiger partial charge in [-0.25, -0.2) is 4.98 Å². The van der Waals surface area contributed by atoms with Gasteiger partial charge < -0.3 is 0 Å². The van der Waals surface area contributed by atoms with Crippen LogP contribution in [0.15, 0.2) is 70.2 Å². The molecule has 0 bridgehead atoms. The lowest BCUT2D eigenvalue weighted by Crippen LogP contribution is -2.25. The molecule has 0 saturated carbocycles. The van der Waals surface area contributed by atoms with Crippen molar-refractivity contribution in [3.05, 3.63) is 81.3 Å². The number of Topliss-reactive ketones (excluding diaryl/α,β-unsaturated/α-hetero) is 1. The lowest BCUT2D eigenvalue weighted by Gasteiger charge is -2.05. The van der Waals surface area contributed by atoms with E-state index in [0.29, 0.717) is 11.2 Å². The van der Waals surface area contributed by atoms with E-state index >= 15 is 0 Å². The third-order valence-corrected chi connectivity index (χ3v) is 4.44. The molecule has 2 aromatic heterocycles. The van der Waals surface area contributed by atoms with Gasteiger partial charge >= 0.3 is 0 Å². The van der Waals surface area contributed by atoms with Crippen molar-refractivity contribution in [2.45, 2.75) is 6.54 Å². The van der Waals surface area contributed by atoms with Crippen LogP contribution in [0, 0.1) is 0 Å². The maximum Gasteiger partial charge on any atom is 0.283 e. The Morgan fingerprint density at radius 1 is 1.04 bits per heavy atom. The quantitative estimate of drug-likeness (QED) is 0.483. The average Bonchev–Trinajstić information content (AvgIpc) is 3.10. The smallest absolute Gasteiger partial charge is 0.283 e. The SMILES string of the molecule is O=C(Cn1cnc2c(nnn2-c2ccc(Br)cc2)c1=O)c1ccccc1. The molecule has 26 heavy (non-hydrogen) atoms. The van der Waals surface area contributed by atoms with Crippen molar-refractivity contribution in [3.63, 3.8) is 0 Å².